The number of rotatable bonds is 3. The summed E-state index contributed by atoms with van der Waals surface area (Å²) < 4.78 is 0. The molecule has 1 N–H and O–H groups in total. The first-order valence-electron chi connectivity index (χ1n) is 10.0. The Bertz CT molecular complexity index is 1360. The number of aromatic nitrogens is 2. The van der Waals surface area contributed by atoms with Crippen LogP contribution in [-0.4, -0.2) is 9.97 Å². The summed E-state index contributed by atoms with van der Waals surface area (Å²) in [7, 11) is 0. The van der Waals surface area contributed by atoms with Gasteiger partial charge in [0.05, 0.1) is 11.0 Å². The zero-order chi connectivity index (χ0) is 20.5. The molecule has 0 saturated heterocycles. The fraction of sp³-hybridized carbons (Fsp3) is 0.160. The van der Waals surface area contributed by atoms with Gasteiger partial charge in [-0.15, -0.1) is 11.3 Å². The van der Waals surface area contributed by atoms with E-state index in [9.17, 15) is 10.1 Å². The molecule has 0 atom stereocenters. The van der Waals surface area contributed by atoms with Gasteiger partial charge in [0.15, 0.2) is 5.82 Å². The Balaban J connectivity index is 1.52. The number of allylic oxidation sites excluding steroid dienone is 1. The molecule has 1 aliphatic rings. The molecule has 0 bridgehead atoms. The fourth-order valence-electron chi connectivity index (χ4n) is 4.01. The molecule has 146 valence electrons. The van der Waals surface area contributed by atoms with Gasteiger partial charge in [0, 0.05) is 4.88 Å². The monoisotopic (exact) mass is 409 g/mol. The van der Waals surface area contributed by atoms with Crippen molar-refractivity contribution in [3.05, 3.63) is 86.8 Å². The first-order chi connectivity index (χ1) is 14.7. The van der Waals surface area contributed by atoms with E-state index in [1.807, 2.05) is 42.5 Å². The molecule has 4 aromatic rings. The van der Waals surface area contributed by atoms with E-state index in [-0.39, 0.29) is 5.56 Å². The standard InChI is InChI=1S/C25H19N3OS/c26-15-19(14-16-10-12-18(13-11-16)17-6-2-1-3-7-17)23-27-24(29)22-20-8-4-5-9-21(20)30-25(22)28-23/h1-3,6-7,10-14H,4-5,8-9H2,(H,27,28,29)/b19-14+. The van der Waals surface area contributed by atoms with Crippen LogP contribution in [0, 0.1) is 11.3 Å². The molecule has 0 saturated carbocycles. The van der Waals surface area contributed by atoms with Gasteiger partial charge in [0.25, 0.3) is 5.56 Å². The number of nitrogens with one attached hydrogen (secondary N) is 1. The van der Waals surface area contributed by atoms with E-state index in [0.29, 0.717) is 16.8 Å². The smallest absolute Gasteiger partial charge is 0.260 e. The lowest BCUT2D eigenvalue weighted by Crippen LogP contribution is -2.12. The van der Waals surface area contributed by atoms with Crippen molar-refractivity contribution in [3.8, 4) is 17.2 Å². The second-order valence-electron chi connectivity index (χ2n) is 7.46. The van der Waals surface area contributed by atoms with E-state index in [2.05, 4.69) is 28.2 Å². The summed E-state index contributed by atoms with van der Waals surface area (Å²) in [4.78, 5) is 22.3. The highest BCUT2D eigenvalue weighted by Gasteiger charge is 2.20. The molecule has 0 fully saturated rings. The van der Waals surface area contributed by atoms with E-state index >= 15 is 0 Å². The molecule has 2 heterocycles. The third-order valence-corrected chi connectivity index (χ3v) is 6.72. The van der Waals surface area contributed by atoms with E-state index < -0.39 is 0 Å². The normalized spacial score (nSPS) is 13.8. The molecule has 0 amide bonds. The predicted molar refractivity (Wildman–Crippen MR) is 122 cm³/mol. The number of aryl methyl sites for hydroxylation is 2. The Morgan fingerprint density at radius 2 is 1.77 bits per heavy atom. The van der Waals surface area contributed by atoms with Crippen LogP contribution in [0.2, 0.25) is 0 Å². The minimum Gasteiger partial charge on any atom is -0.305 e. The number of nitriles is 1. The summed E-state index contributed by atoms with van der Waals surface area (Å²) in [6.45, 7) is 0. The van der Waals surface area contributed by atoms with Crippen LogP contribution >= 0.6 is 11.3 Å². The summed E-state index contributed by atoms with van der Waals surface area (Å²) >= 11 is 1.59. The van der Waals surface area contributed by atoms with Gasteiger partial charge in [-0.3, -0.25) is 4.79 Å². The molecule has 4 nitrogen and oxygen atoms in total. The van der Waals surface area contributed by atoms with Gasteiger partial charge >= 0.3 is 0 Å². The number of aromatic amines is 1. The Hall–Kier alpha value is -3.49. The molecule has 30 heavy (non-hydrogen) atoms. The third kappa shape index (κ3) is 3.36. The largest absolute Gasteiger partial charge is 0.305 e. The molecular weight excluding hydrogens is 390 g/mol. The van der Waals surface area contributed by atoms with Crippen molar-refractivity contribution in [2.45, 2.75) is 25.7 Å². The number of hydrogen-bond donors (Lipinski definition) is 1. The first kappa shape index (κ1) is 18.5. The lowest BCUT2D eigenvalue weighted by atomic mass is 9.97. The fourth-order valence-corrected chi connectivity index (χ4v) is 5.28. The highest BCUT2D eigenvalue weighted by atomic mass is 32.1. The lowest BCUT2D eigenvalue weighted by molar-refractivity contribution is 0.700. The molecule has 0 radical (unpaired) electrons. The molecule has 0 unspecified atom stereocenters. The average Bonchev–Trinajstić information content (AvgIpc) is 3.17. The minimum absolute atomic E-state index is 0.144. The number of nitrogens with zero attached hydrogens (tertiary/aromatic N) is 2. The van der Waals surface area contributed by atoms with Crippen LogP contribution in [0.15, 0.2) is 59.4 Å². The van der Waals surface area contributed by atoms with Crippen LogP contribution < -0.4 is 5.56 Å². The molecule has 2 aromatic heterocycles. The zero-order valence-electron chi connectivity index (χ0n) is 16.3. The highest BCUT2D eigenvalue weighted by molar-refractivity contribution is 7.18. The lowest BCUT2D eigenvalue weighted by Gasteiger charge is -2.09. The van der Waals surface area contributed by atoms with Crippen molar-refractivity contribution >= 4 is 33.2 Å². The average molecular weight is 410 g/mol. The maximum Gasteiger partial charge on any atom is 0.260 e. The van der Waals surface area contributed by atoms with Crippen LogP contribution in [0.5, 0.6) is 0 Å². The highest BCUT2D eigenvalue weighted by Crippen LogP contribution is 2.34. The molecule has 5 rings (SSSR count). The van der Waals surface area contributed by atoms with Crippen molar-refractivity contribution in [2.24, 2.45) is 0 Å². The maximum absolute atomic E-state index is 12.8. The van der Waals surface area contributed by atoms with Gasteiger partial charge in [-0.05, 0) is 54.0 Å². The van der Waals surface area contributed by atoms with Crippen molar-refractivity contribution in [2.75, 3.05) is 0 Å². The molecule has 5 heteroatoms. The number of thiophene rings is 1. The van der Waals surface area contributed by atoms with Crippen molar-refractivity contribution < 1.29 is 0 Å². The number of hydrogen-bond acceptors (Lipinski definition) is 4. The van der Waals surface area contributed by atoms with Crippen molar-refractivity contribution in [1.82, 2.24) is 9.97 Å². The van der Waals surface area contributed by atoms with Crippen LogP contribution in [0.25, 0.3) is 33.0 Å². The van der Waals surface area contributed by atoms with Crippen molar-refractivity contribution in [3.63, 3.8) is 0 Å². The number of fused-ring (bicyclic) bond motifs is 3. The summed E-state index contributed by atoms with van der Waals surface area (Å²) in [6, 6.07) is 20.4. The Kier molecular flexibility index (Phi) is 4.78. The van der Waals surface area contributed by atoms with Gasteiger partial charge in [-0.25, -0.2) is 4.98 Å². The summed E-state index contributed by atoms with van der Waals surface area (Å²) in [5.41, 5.74) is 4.51. The molecular formula is C25H19N3OS. The van der Waals surface area contributed by atoms with E-state index in [4.69, 9.17) is 0 Å². The first-order valence-corrected chi connectivity index (χ1v) is 10.9. The third-order valence-electron chi connectivity index (χ3n) is 5.53. The van der Waals surface area contributed by atoms with Gasteiger partial charge < -0.3 is 4.98 Å². The van der Waals surface area contributed by atoms with Crippen LogP contribution in [0.1, 0.15) is 34.7 Å². The van der Waals surface area contributed by atoms with E-state index in [0.717, 1.165) is 52.8 Å². The van der Waals surface area contributed by atoms with Crippen LogP contribution in [-0.2, 0) is 12.8 Å². The Morgan fingerprint density at radius 3 is 2.53 bits per heavy atom. The maximum atomic E-state index is 12.8. The van der Waals surface area contributed by atoms with E-state index in [1.54, 1.807) is 17.4 Å². The van der Waals surface area contributed by atoms with Gasteiger partial charge in [0.2, 0.25) is 0 Å². The molecule has 0 spiro atoms. The molecule has 1 aliphatic carbocycles. The van der Waals surface area contributed by atoms with Gasteiger partial charge in [0.1, 0.15) is 10.9 Å². The summed E-state index contributed by atoms with van der Waals surface area (Å²) in [5.74, 6) is 0.334. The Labute approximate surface area is 178 Å². The van der Waals surface area contributed by atoms with Crippen LogP contribution in [0.4, 0.5) is 0 Å². The number of benzene rings is 2. The second-order valence-corrected chi connectivity index (χ2v) is 8.55. The van der Waals surface area contributed by atoms with Crippen LogP contribution in [0.3, 0.4) is 0 Å². The Morgan fingerprint density at radius 1 is 1.03 bits per heavy atom. The van der Waals surface area contributed by atoms with Crippen molar-refractivity contribution in [1.29, 1.82) is 5.26 Å². The predicted octanol–water partition coefficient (Wildman–Crippen LogP) is 5.59. The number of H-pyrrole nitrogens is 1. The molecule has 2 aromatic carbocycles. The van der Waals surface area contributed by atoms with Gasteiger partial charge in [-0.2, -0.15) is 5.26 Å². The minimum atomic E-state index is -0.144. The summed E-state index contributed by atoms with van der Waals surface area (Å²) in [5, 5.41) is 10.4. The van der Waals surface area contributed by atoms with Gasteiger partial charge in [-0.1, -0.05) is 54.6 Å². The molecule has 0 aliphatic heterocycles. The quantitative estimate of drug-likeness (QED) is 0.448. The summed E-state index contributed by atoms with van der Waals surface area (Å²) in [6.07, 6.45) is 6.00. The SMILES string of the molecule is N#C/C(=C\c1ccc(-c2ccccc2)cc1)c1nc2sc3c(c2c(=O)[nH]1)CCCC3. The topological polar surface area (TPSA) is 69.5 Å². The van der Waals surface area contributed by atoms with E-state index in [1.165, 1.54) is 4.88 Å². The second kappa shape index (κ2) is 7.74. The zero-order valence-corrected chi connectivity index (χ0v) is 17.1.